The largest absolute Gasteiger partial charge is 0.365 e. The van der Waals surface area contributed by atoms with Crippen molar-refractivity contribution in [3.8, 4) is 0 Å². The standard InChI is InChI=1S/C22H35N3O3/c1-2-3-10-23-13-15-24(16-14-23)11-6-4-5-7-12-25-21(26)19-17-8-9-18(28-17)20(19)22(25)27/h8-9,17-20H,2-7,10-16H2,1H3/t17-,18+,19-,20+. The number of hydrogen-bond donors (Lipinski definition) is 0. The molecule has 0 aromatic heterocycles. The first-order valence-corrected chi connectivity index (χ1v) is 11.3. The molecule has 0 aromatic carbocycles. The Labute approximate surface area is 168 Å². The highest BCUT2D eigenvalue weighted by Gasteiger charge is 2.60. The van der Waals surface area contributed by atoms with Gasteiger partial charge in [0.15, 0.2) is 0 Å². The SMILES string of the molecule is CCCCN1CCN(CCCCCCN2C(=O)[C@@H]3[C@H](C2=O)[C@H]2C=C[C@@H]3O2)CC1. The van der Waals surface area contributed by atoms with Gasteiger partial charge in [-0.1, -0.05) is 38.3 Å². The molecule has 0 radical (unpaired) electrons. The van der Waals surface area contributed by atoms with Crippen LogP contribution in [0.1, 0.15) is 45.4 Å². The van der Waals surface area contributed by atoms with Gasteiger partial charge >= 0.3 is 0 Å². The molecule has 6 nitrogen and oxygen atoms in total. The van der Waals surface area contributed by atoms with Crippen LogP contribution < -0.4 is 0 Å². The van der Waals surface area contributed by atoms with Crippen molar-refractivity contribution in [1.29, 1.82) is 0 Å². The highest BCUT2D eigenvalue weighted by Crippen LogP contribution is 2.45. The highest BCUT2D eigenvalue weighted by atomic mass is 16.5. The molecule has 2 amide bonds. The van der Waals surface area contributed by atoms with Gasteiger partial charge < -0.3 is 14.5 Å². The molecule has 3 fully saturated rings. The molecule has 28 heavy (non-hydrogen) atoms. The highest BCUT2D eigenvalue weighted by molar-refractivity contribution is 6.06. The van der Waals surface area contributed by atoms with E-state index in [-0.39, 0.29) is 35.9 Å². The predicted molar refractivity (Wildman–Crippen MR) is 108 cm³/mol. The fourth-order valence-electron chi connectivity index (χ4n) is 5.16. The van der Waals surface area contributed by atoms with Gasteiger partial charge in [0.25, 0.3) is 0 Å². The van der Waals surface area contributed by atoms with Gasteiger partial charge in [-0.2, -0.15) is 0 Å². The Bertz CT molecular complexity index is 570. The predicted octanol–water partition coefficient (Wildman–Crippen LogP) is 1.90. The second kappa shape index (κ2) is 9.06. The number of carbonyl (C=O) groups is 2. The van der Waals surface area contributed by atoms with E-state index < -0.39 is 0 Å². The average molecular weight is 390 g/mol. The number of hydrogen-bond acceptors (Lipinski definition) is 5. The second-order valence-electron chi connectivity index (χ2n) is 8.78. The molecule has 0 spiro atoms. The molecule has 4 atom stereocenters. The lowest BCUT2D eigenvalue weighted by atomic mass is 9.85. The number of likely N-dealkylation sites (tertiary alicyclic amines) is 1. The van der Waals surface area contributed by atoms with Crippen molar-refractivity contribution in [1.82, 2.24) is 14.7 Å². The molecule has 0 saturated carbocycles. The molecule has 0 aliphatic carbocycles. The molecule has 2 bridgehead atoms. The Kier molecular flexibility index (Phi) is 6.48. The van der Waals surface area contributed by atoms with E-state index in [9.17, 15) is 9.59 Å². The van der Waals surface area contributed by atoms with E-state index >= 15 is 0 Å². The maximum atomic E-state index is 12.6. The molecular formula is C22H35N3O3. The number of piperazine rings is 1. The van der Waals surface area contributed by atoms with Crippen LogP contribution in [0.15, 0.2) is 12.2 Å². The van der Waals surface area contributed by atoms with Crippen molar-refractivity contribution in [2.75, 3.05) is 45.8 Å². The minimum Gasteiger partial charge on any atom is -0.365 e. The first-order chi connectivity index (χ1) is 13.7. The van der Waals surface area contributed by atoms with E-state index in [4.69, 9.17) is 4.74 Å². The number of carbonyl (C=O) groups excluding carboxylic acids is 2. The smallest absolute Gasteiger partial charge is 0.236 e. The average Bonchev–Trinajstić information content (AvgIpc) is 3.39. The minimum atomic E-state index is -0.251. The third-order valence-electron chi connectivity index (χ3n) is 6.90. The van der Waals surface area contributed by atoms with Gasteiger partial charge in [0, 0.05) is 32.7 Å². The van der Waals surface area contributed by atoms with E-state index in [0.29, 0.717) is 6.54 Å². The molecule has 6 heteroatoms. The quantitative estimate of drug-likeness (QED) is 0.325. The zero-order valence-corrected chi connectivity index (χ0v) is 17.2. The second-order valence-corrected chi connectivity index (χ2v) is 8.78. The van der Waals surface area contributed by atoms with Gasteiger partial charge in [0.2, 0.25) is 11.8 Å². The molecule has 0 unspecified atom stereocenters. The first-order valence-electron chi connectivity index (χ1n) is 11.3. The van der Waals surface area contributed by atoms with Gasteiger partial charge in [-0.05, 0) is 32.4 Å². The maximum absolute atomic E-state index is 12.6. The molecule has 4 aliphatic heterocycles. The number of nitrogens with zero attached hydrogens (tertiary/aromatic N) is 3. The van der Waals surface area contributed by atoms with Crippen molar-refractivity contribution in [2.45, 2.75) is 57.7 Å². The van der Waals surface area contributed by atoms with Crippen LogP contribution in [-0.2, 0) is 14.3 Å². The van der Waals surface area contributed by atoms with E-state index in [0.717, 1.165) is 12.8 Å². The lowest BCUT2D eigenvalue weighted by molar-refractivity contribution is -0.142. The van der Waals surface area contributed by atoms with Crippen molar-refractivity contribution in [2.24, 2.45) is 11.8 Å². The van der Waals surface area contributed by atoms with Crippen LogP contribution in [0.5, 0.6) is 0 Å². The molecule has 0 aromatic rings. The Morgan fingerprint density at radius 3 is 1.82 bits per heavy atom. The van der Waals surface area contributed by atoms with E-state index in [1.807, 2.05) is 12.2 Å². The van der Waals surface area contributed by atoms with E-state index in [1.165, 1.54) is 69.9 Å². The number of fused-ring (bicyclic) bond motifs is 5. The summed E-state index contributed by atoms with van der Waals surface area (Å²) in [4.78, 5) is 31.9. The van der Waals surface area contributed by atoms with Crippen molar-refractivity contribution >= 4 is 11.8 Å². The van der Waals surface area contributed by atoms with Crippen LogP contribution in [0.4, 0.5) is 0 Å². The summed E-state index contributed by atoms with van der Waals surface area (Å²) >= 11 is 0. The fraction of sp³-hybridized carbons (Fsp3) is 0.818. The van der Waals surface area contributed by atoms with Crippen LogP contribution in [0, 0.1) is 11.8 Å². The van der Waals surface area contributed by atoms with Crippen LogP contribution in [0.2, 0.25) is 0 Å². The minimum absolute atomic E-state index is 0.00667. The van der Waals surface area contributed by atoms with Crippen molar-refractivity contribution < 1.29 is 14.3 Å². The molecule has 4 aliphatic rings. The number of unbranched alkanes of at least 4 members (excludes halogenated alkanes) is 4. The number of rotatable bonds is 10. The summed E-state index contributed by atoms with van der Waals surface area (Å²) in [6.07, 6.45) is 10.6. The van der Waals surface area contributed by atoms with E-state index in [1.54, 1.807) is 0 Å². The first kappa shape index (κ1) is 20.0. The summed E-state index contributed by atoms with van der Waals surface area (Å²) in [5, 5.41) is 0. The van der Waals surface area contributed by atoms with Gasteiger partial charge in [-0.25, -0.2) is 0 Å². The maximum Gasteiger partial charge on any atom is 0.236 e. The summed E-state index contributed by atoms with van der Waals surface area (Å²) in [5.74, 6) is -0.516. The van der Waals surface area contributed by atoms with Crippen LogP contribution in [-0.4, -0.2) is 84.5 Å². The third-order valence-corrected chi connectivity index (χ3v) is 6.90. The molecule has 3 saturated heterocycles. The normalized spacial score (nSPS) is 32.7. The fourth-order valence-corrected chi connectivity index (χ4v) is 5.16. The number of amides is 2. The van der Waals surface area contributed by atoms with E-state index in [2.05, 4.69) is 16.7 Å². The summed E-state index contributed by atoms with van der Waals surface area (Å²) in [5.41, 5.74) is 0. The lowest BCUT2D eigenvalue weighted by Gasteiger charge is -2.34. The summed E-state index contributed by atoms with van der Waals surface area (Å²) in [6.45, 7) is 10.1. The summed E-state index contributed by atoms with van der Waals surface area (Å²) in [6, 6.07) is 0. The Morgan fingerprint density at radius 2 is 1.29 bits per heavy atom. The number of ether oxygens (including phenoxy) is 1. The molecule has 156 valence electrons. The van der Waals surface area contributed by atoms with Crippen LogP contribution >= 0.6 is 0 Å². The van der Waals surface area contributed by atoms with Gasteiger partial charge in [-0.3, -0.25) is 14.5 Å². The van der Waals surface area contributed by atoms with Gasteiger partial charge in [0.05, 0.1) is 24.0 Å². The Balaban J connectivity index is 1.08. The molecule has 4 rings (SSSR count). The molecule has 0 N–H and O–H groups in total. The number of imide groups is 1. The monoisotopic (exact) mass is 389 g/mol. The Hall–Kier alpha value is -1.24. The van der Waals surface area contributed by atoms with Gasteiger partial charge in [-0.15, -0.1) is 0 Å². The summed E-state index contributed by atoms with van der Waals surface area (Å²) in [7, 11) is 0. The van der Waals surface area contributed by atoms with Crippen LogP contribution in [0.25, 0.3) is 0 Å². The van der Waals surface area contributed by atoms with Crippen molar-refractivity contribution in [3.63, 3.8) is 0 Å². The zero-order valence-electron chi connectivity index (χ0n) is 17.2. The lowest BCUT2D eigenvalue weighted by Crippen LogP contribution is -2.46. The third kappa shape index (κ3) is 4.05. The molecular weight excluding hydrogens is 354 g/mol. The van der Waals surface area contributed by atoms with Gasteiger partial charge in [0.1, 0.15) is 0 Å². The zero-order chi connectivity index (χ0) is 19.5. The van der Waals surface area contributed by atoms with Crippen LogP contribution in [0.3, 0.4) is 0 Å². The topological polar surface area (TPSA) is 53.1 Å². The van der Waals surface area contributed by atoms with Crippen molar-refractivity contribution in [3.05, 3.63) is 12.2 Å². The Morgan fingerprint density at radius 1 is 0.786 bits per heavy atom. The summed E-state index contributed by atoms with van der Waals surface area (Å²) < 4.78 is 5.68. The molecule has 4 heterocycles.